The Bertz CT molecular complexity index is 1070. The third-order valence-electron chi connectivity index (χ3n) is 5.06. The Kier molecular flexibility index (Phi) is 5.76. The molecule has 3 aromatic rings. The zero-order valence-corrected chi connectivity index (χ0v) is 17.5. The van der Waals surface area contributed by atoms with Crippen LogP contribution >= 0.6 is 11.6 Å². The first kappa shape index (κ1) is 20.0. The molecule has 0 saturated carbocycles. The second-order valence-electron chi connectivity index (χ2n) is 6.84. The van der Waals surface area contributed by atoms with Gasteiger partial charge in [-0.1, -0.05) is 17.7 Å². The van der Waals surface area contributed by atoms with E-state index >= 15 is 0 Å². The Labute approximate surface area is 179 Å². The summed E-state index contributed by atoms with van der Waals surface area (Å²) in [6, 6.07) is 10.7. The molecular weight excluding hydrogens is 406 g/mol. The number of halogens is 1. The molecular formula is C21H22ClN5O3. The summed E-state index contributed by atoms with van der Waals surface area (Å²) in [5, 5.41) is 4.36. The lowest BCUT2D eigenvalue weighted by molar-refractivity contribution is 0.208. The minimum atomic E-state index is -0.143. The number of urea groups is 1. The number of methoxy groups -OCH3 is 2. The van der Waals surface area contributed by atoms with Crippen molar-refractivity contribution in [2.24, 2.45) is 0 Å². The van der Waals surface area contributed by atoms with E-state index in [1.807, 2.05) is 18.2 Å². The molecule has 9 heteroatoms. The Balaban J connectivity index is 1.48. The molecule has 0 radical (unpaired) electrons. The van der Waals surface area contributed by atoms with Crippen LogP contribution in [0.5, 0.6) is 11.5 Å². The SMILES string of the molecule is COc1cc2ncnc(N3CCN(C(=O)Nc4cccc(Cl)c4)CC3)c2cc1OC. The number of ether oxygens (including phenoxy) is 2. The van der Waals surface area contributed by atoms with Gasteiger partial charge in [-0.05, 0) is 24.3 Å². The van der Waals surface area contributed by atoms with E-state index in [1.54, 1.807) is 43.6 Å². The fourth-order valence-corrected chi connectivity index (χ4v) is 3.70. The highest BCUT2D eigenvalue weighted by Gasteiger charge is 2.24. The monoisotopic (exact) mass is 427 g/mol. The van der Waals surface area contributed by atoms with Crippen LogP contribution in [0.4, 0.5) is 16.3 Å². The smallest absolute Gasteiger partial charge is 0.321 e. The van der Waals surface area contributed by atoms with Gasteiger partial charge in [-0.3, -0.25) is 0 Å². The number of piperazine rings is 1. The van der Waals surface area contributed by atoms with Gasteiger partial charge in [-0.2, -0.15) is 0 Å². The zero-order chi connectivity index (χ0) is 21.1. The summed E-state index contributed by atoms with van der Waals surface area (Å²) in [5.74, 6) is 2.06. The number of carbonyl (C=O) groups is 1. The third-order valence-corrected chi connectivity index (χ3v) is 5.30. The number of fused-ring (bicyclic) bond motifs is 1. The second-order valence-corrected chi connectivity index (χ2v) is 7.27. The molecule has 1 aromatic heterocycles. The largest absolute Gasteiger partial charge is 0.493 e. The fourth-order valence-electron chi connectivity index (χ4n) is 3.51. The Morgan fingerprint density at radius 1 is 1.03 bits per heavy atom. The van der Waals surface area contributed by atoms with E-state index in [0.29, 0.717) is 48.4 Å². The third kappa shape index (κ3) is 4.04. The van der Waals surface area contributed by atoms with Gasteiger partial charge in [0.05, 0.1) is 19.7 Å². The van der Waals surface area contributed by atoms with Crippen molar-refractivity contribution >= 4 is 40.0 Å². The highest BCUT2D eigenvalue weighted by atomic mass is 35.5. The lowest BCUT2D eigenvalue weighted by atomic mass is 10.2. The van der Waals surface area contributed by atoms with Gasteiger partial charge in [0.2, 0.25) is 0 Å². The fraction of sp³-hybridized carbons (Fsp3) is 0.286. The van der Waals surface area contributed by atoms with Gasteiger partial charge < -0.3 is 24.6 Å². The molecule has 30 heavy (non-hydrogen) atoms. The van der Waals surface area contributed by atoms with Crippen LogP contribution in [-0.2, 0) is 0 Å². The summed E-state index contributed by atoms with van der Waals surface area (Å²) in [6.07, 6.45) is 1.54. The van der Waals surface area contributed by atoms with Crippen molar-refractivity contribution in [1.82, 2.24) is 14.9 Å². The lowest BCUT2D eigenvalue weighted by Crippen LogP contribution is -2.50. The Hall–Kier alpha value is -3.26. The Morgan fingerprint density at radius 2 is 1.77 bits per heavy atom. The molecule has 1 aliphatic rings. The zero-order valence-electron chi connectivity index (χ0n) is 16.8. The molecule has 8 nitrogen and oxygen atoms in total. The van der Waals surface area contributed by atoms with Crippen LogP contribution in [0.3, 0.4) is 0 Å². The molecule has 4 rings (SSSR count). The summed E-state index contributed by atoms with van der Waals surface area (Å²) in [6.45, 7) is 2.46. The van der Waals surface area contributed by atoms with Crippen LogP contribution in [-0.4, -0.2) is 61.3 Å². The van der Waals surface area contributed by atoms with Gasteiger partial charge >= 0.3 is 6.03 Å². The minimum Gasteiger partial charge on any atom is -0.493 e. The predicted octanol–water partition coefficient (Wildman–Crippen LogP) is 3.65. The number of aromatic nitrogens is 2. The minimum absolute atomic E-state index is 0.143. The van der Waals surface area contributed by atoms with E-state index in [4.69, 9.17) is 21.1 Å². The molecule has 2 aromatic carbocycles. The van der Waals surface area contributed by atoms with Crippen LogP contribution in [0.15, 0.2) is 42.7 Å². The first-order chi connectivity index (χ1) is 14.6. The van der Waals surface area contributed by atoms with Crippen molar-refractivity contribution in [2.75, 3.05) is 50.6 Å². The number of nitrogens with one attached hydrogen (secondary N) is 1. The molecule has 0 aliphatic carbocycles. The quantitative estimate of drug-likeness (QED) is 0.684. The van der Waals surface area contributed by atoms with E-state index in [1.165, 1.54) is 0 Å². The summed E-state index contributed by atoms with van der Waals surface area (Å²) >= 11 is 5.99. The summed E-state index contributed by atoms with van der Waals surface area (Å²) < 4.78 is 10.8. The van der Waals surface area contributed by atoms with Gasteiger partial charge in [0.15, 0.2) is 11.5 Å². The van der Waals surface area contributed by atoms with Crippen molar-refractivity contribution in [1.29, 1.82) is 0 Å². The Morgan fingerprint density at radius 3 is 2.47 bits per heavy atom. The van der Waals surface area contributed by atoms with Crippen molar-refractivity contribution in [3.63, 3.8) is 0 Å². The van der Waals surface area contributed by atoms with Gasteiger partial charge in [0, 0.05) is 48.3 Å². The number of amides is 2. The highest BCUT2D eigenvalue weighted by Crippen LogP contribution is 2.34. The maximum absolute atomic E-state index is 12.6. The first-order valence-corrected chi connectivity index (χ1v) is 9.90. The predicted molar refractivity (Wildman–Crippen MR) is 117 cm³/mol. The van der Waals surface area contributed by atoms with Gasteiger partial charge in [0.25, 0.3) is 0 Å². The van der Waals surface area contributed by atoms with Crippen LogP contribution in [0, 0.1) is 0 Å². The molecule has 1 fully saturated rings. The number of carbonyl (C=O) groups excluding carboxylic acids is 1. The average Bonchev–Trinajstić information content (AvgIpc) is 2.77. The molecule has 1 aliphatic heterocycles. The topological polar surface area (TPSA) is 79.8 Å². The molecule has 0 spiro atoms. The summed E-state index contributed by atoms with van der Waals surface area (Å²) in [7, 11) is 3.20. The molecule has 2 amide bonds. The number of hydrogen-bond acceptors (Lipinski definition) is 6. The number of anilines is 2. The normalized spacial score (nSPS) is 14.0. The standard InChI is InChI=1S/C21H22ClN5O3/c1-29-18-11-16-17(12-19(18)30-2)23-13-24-20(16)26-6-8-27(9-7-26)21(28)25-15-5-3-4-14(22)10-15/h3-5,10-13H,6-9H2,1-2H3,(H,25,28). The number of rotatable bonds is 4. The number of nitrogens with zero attached hydrogens (tertiary/aromatic N) is 4. The molecule has 0 bridgehead atoms. The molecule has 0 atom stereocenters. The summed E-state index contributed by atoms with van der Waals surface area (Å²) in [4.78, 5) is 25.4. The van der Waals surface area contributed by atoms with Crippen molar-refractivity contribution in [3.05, 3.63) is 47.7 Å². The van der Waals surface area contributed by atoms with Crippen molar-refractivity contribution < 1.29 is 14.3 Å². The average molecular weight is 428 g/mol. The van der Waals surface area contributed by atoms with Crippen LogP contribution in [0.2, 0.25) is 5.02 Å². The number of benzene rings is 2. The van der Waals surface area contributed by atoms with E-state index in [0.717, 1.165) is 16.7 Å². The highest BCUT2D eigenvalue weighted by molar-refractivity contribution is 6.30. The van der Waals surface area contributed by atoms with Crippen LogP contribution in [0.1, 0.15) is 0 Å². The van der Waals surface area contributed by atoms with E-state index in [-0.39, 0.29) is 6.03 Å². The molecule has 0 unspecified atom stereocenters. The van der Waals surface area contributed by atoms with Crippen molar-refractivity contribution in [2.45, 2.75) is 0 Å². The van der Waals surface area contributed by atoms with E-state index in [2.05, 4.69) is 20.2 Å². The first-order valence-electron chi connectivity index (χ1n) is 9.52. The maximum atomic E-state index is 12.6. The van der Waals surface area contributed by atoms with Gasteiger partial charge in [0.1, 0.15) is 12.1 Å². The molecule has 1 N–H and O–H groups in total. The van der Waals surface area contributed by atoms with E-state index in [9.17, 15) is 4.79 Å². The molecule has 156 valence electrons. The molecule has 2 heterocycles. The van der Waals surface area contributed by atoms with Crippen LogP contribution in [0.25, 0.3) is 10.9 Å². The van der Waals surface area contributed by atoms with Gasteiger partial charge in [-0.25, -0.2) is 14.8 Å². The maximum Gasteiger partial charge on any atom is 0.321 e. The second kappa shape index (κ2) is 8.62. The van der Waals surface area contributed by atoms with Crippen molar-refractivity contribution in [3.8, 4) is 11.5 Å². The summed E-state index contributed by atoms with van der Waals surface area (Å²) in [5.41, 5.74) is 1.46. The molecule has 1 saturated heterocycles. The number of hydrogen-bond donors (Lipinski definition) is 1. The van der Waals surface area contributed by atoms with Gasteiger partial charge in [-0.15, -0.1) is 0 Å². The van der Waals surface area contributed by atoms with E-state index < -0.39 is 0 Å². The lowest BCUT2D eigenvalue weighted by Gasteiger charge is -2.35. The van der Waals surface area contributed by atoms with Crippen LogP contribution < -0.4 is 19.7 Å².